The first-order chi connectivity index (χ1) is 14.2. The molecule has 1 aliphatic rings. The van der Waals surface area contributed by atoms with Crippen LogP contribution in [0.25, 0.3) is 11.4 Å². The van der Waals surface area contributed by atoms with Gasteiger partial charge in [0.05, 0.1) is 6.67 Å². The van der Waals surface area contributed by atoms with Crippen LogP contribution in [-0.4, -0.2) is 36.8 Å². The van der Waals surface area contributed by atoms with Gasteiger partial charge in [-0.05, 0) is 61.3 Å². The van der Waals surface area contributed by atoms with Crippen molar-refractivity contribution in [1.82, 2.24) is 24.2 Å². The summed E-state index contributed by atoms with van der Waals surface area (Å²) in [5, 5.41) is 4.80. The fourth-order valence-electron chi connectivity index (χ4n) is 3.96. The van der Waals surface area contributed by atoms with E-state index in [1.165, 1.54) is 6.07 Å². The molecule has 0 spiro atoms. The third-order valence-corrected chi connectivity index (χ3v) is 5.76. The first-order valence-electron chi connectivity index (χ1n) is 9.83. The molecule has 3 aromatic rings. The van der Waals surface area contributed by atoms with E-state index in [4.69, 9.17) is 17.3 Å². The molecule has 2 aromatic heterocycles. The number of aromatic nitrogens is 4. The predicted molar refractivity (Wildman–Crippen MR) is 114 cm³/mol. The largest absolute Gasteiger partial charge is 0.296 e. The van der Waals surface area contributed by atoms with Gasteiger partial charge in [-0.2, -0.15) is 5.10 Å². The molecule has 4 rings (SSSR count). The van der Waals surface area contributed by atoms with Crippen molar-refractivity contribution in [2.45, 2.75) is 38.5 Å². The molecule has 0 aliphatic carbocycles. The van der Waals surface area contributed by atoms with Gasteiger partial charge in [0.15, 0.2) is 10.6 Å². The molecule has 7 heteroatoms. The molecular formula is C22H24FN5S. The topological polar surface area (TPSA) is 38.9 Å². The van der Waals surface area contributed by atoms with Crippen molar-refractivity contribution in [1.29, 1.82) is 0 Å². The molecule has 29 heavy (non-hydrogen) atoms. The molecule has 3 heterocycles. The molecule has 0 amide bonds. The second kappa shape index (κ2) is 8.80. The quantitative estimate of drug-likeness (QED) is 0.426. The van der Waals surface area contributed by atoms with Crippen LogP contribution in [0.4, 0.5) is 4.39 Å². The van der Waals surface area contributed by atoms with Gasteiger partial charge < -0.3 is 0 Å². The zero-order valence-corrected chi connectivity index (χ0v) is 17.1. The molecule has 150 valence electrons. The van der Waals surface area contributed by atoms with Crippen LogP contribution in [0.15, 0.2) is 61.4 Å². The molecule has 1 fully saturated rings. The monoisotopic (exact) mass is 409 g/mol. The zero-order valence-electron chi connectivity index (χ0n) is 16.2. The van der Waals surface area contributed by atoms with Gasteiger partial charge in [0.1, 0.15) is 5.82 Å². The van der Waals surface area contributed by atoms with Gasteiger partial charge in [0.2, 0.25) is 0 Å². The van der Waals surface area contributed by atoms with E-state index in [2.05, 4.69) is 16.5 Å². The lowest BCUT2D eigenvalue weighted by Gasteiger charge is -2.24. The van der Waals surface area contributed by atoms with E-state index in [-0.39, 0.29) is 5.82 Å². The van der Waals surface area contributed by atoms with Gasteiger partial charge in [0, 0.05) is 37.1 Å². The number of rotatable bonds is 7. The smallest absolute Gasteiger partial charge is 0.199 e. The fraction of sp³-hybridized carbons (Fsp3) is 0.318. The molecular weight excluding hydrogens is 385 g/mol. The molecule has 1 aliphatic heterocycles. The van der Waals surface area contributed by atoms with Crippen molar-refractivity contribution in [2.75, 3.05) is 6.54 Å². The van der Waals surface area contributed by atoms with E-state index in [0.717, 1.165) is 42.8 Å². The van der Waals surface area contributed by atoms with E-state index in [0.29, 0.717) is 24.0 Å². The Labute approximate surface area is 175 Å². The Morgan fingerprint density at radius 1 is 1.28 bits per heavy atom. The number of benzene rings is 1. The standard InChI is InChI=1S/C22H24FN5S/c1-2-11-27-21(18-7-4-10-24-15-18)25-28(22(27)29)16-26-12-5-9-20(26)14-17-6-3-8-19(23)13-17/h2-4,6-8,10,13,15,20H,1,5,9,11-12,14,16H2. The van der Waals surface area contributed by atoms with E-state index in [1.807, 2.05) is 33.5 Å². The number of hydrogen-bond acceptors (Lipinski definition) is 4. The maximum Gasteiger partial charge on any atom is 0.199 e. The fourth-order valence-corrected chi connectivity index (χ4v) is 4.22. The average Bonchev–Trinajstić information content (AvgIpc) is 3.28. The Morgan fingerprint density at radius 2 is 2.17 bits per heavy atom. The first kappa shape index (κ1) is 19.7. The summed E-state index contributed by atoms with van der Waals surface area (Å²) in [5.74, 6) is 0.613. The van der Waals surface area contributed by atoms with Crippen molar-refractivity contribution in [3.05, 3.63) is 77.6 Å². The second-order valence-electron chi connectivity index (χ2n) is 7.33. The van der Waals surface area contributed by atoms with Crippen LogP contribution in [0, 0.1) is 10.6 Å². The van der Waals surface area contributed by atoms with Crippen molar-refractivity contribution >= 4 is 12.2 Å². The summed E-state index contributed by atoms with van der Waals surface area (Å²) >= 11 is 5.72. The first-order valence-corrected chi connectivity index (χ1v) is 10.2. The van der Waals surface area contributed by atoms with Crippen molar-refractivity contribution in [3.63, 3.8) is 0 Å². The number of likely N-dealkylation sites (tertiary alicyclic amines) is 1. The Kier molecular flexibility index (Phi) is 5.97. The van der Waals surface area contributed by atoms with Crippen LogP contribution in [0.5, 0.6) is 0 Å². The van der Waals surface area contributed by atoms with Crippen LogP contribution in [-0.2, 0) is 19.6 Å². The lowest BCUT2D eigenvalue weighted by Crippen LogP contribution is -2.33. The average molecular weight is 410 g/mol. The molecule has 0 saturated carbocycles. The normalized spacial score (nSPS) is 16.9. The van der Waals surface area contributed by atoms with E-state index >= 15 is 0 Å². The van der Waals surface area contributed by atoms with Crippen LogP contribution in [0.3, 0.4) is 0 Å². The molecule has 1 aromatic carbocycles. The zero-order chi connectivity index (χ0) is 20.2. The maximum atomic E-state index is 13.6. The summed E-state index contributed by atoms with van der Waals surface area (Å²) in [6, 6.07) is 11.1. The molecule has 5 nitrogen and oxygen atoms in total. The SMILES string of the molecule is C=CCn1c(-c2cccnc2)nn(CN2CCCC2Cc2cccc(F)c2)c1=S. The lowest BCUT2D eigenvalue weighted by atomic mass is 10.0. The molecule has 1 atom stereocenters. The van der Waals surface area contributed by atoms with Gasteiger partial charge in [-0.25, -0.2) is 9.07 Å². The highest BCUT2D eigenvalue weighted by Crippen LogP contribution is 2.23. The van der Waals surface area contributed by atoms with Gasteiger partial charge in [-0.15, -0.1) is 6.58 Å². The van der Waals surface area contributed by atoms with Crippen LogP contribution >= 0.6 is 12.2 Å². The molecule has 1 unspecified atom stereocenters. The highest BCUT2D eigenvalue weighted by Gasteiger charge is 2.26. The van der Waals surface area contributed by atoms with Gasteiger partial charge in [-0.1, -0.05) is 18.2 Å². The summed E-state index contributed by atoms with van der Waals surface area (Å²) in [7, 11) is 0. The van der Waals surface area contributed by atoms with E-state index in [1.54, 1.807) is 24.5 Å². The van der Waals surface area contributed by atoms with Crippen molar-refractivity contribution in [2.24, 2.45) is 0 Å². The Morgan fingerprint density at radius 3 is 2.93 bits per heavy atom. The Balaban J connectivity index is 1.58. The Hall–Kier alpha value is -2.64. The van der Waals surface area contributed by atoms with E-state index < -0.39 is 0 Å². The van der Waals surface area contributed by atoms with Gasteiger partial charge >= 0.3 is 0 Å². The highest BCUT2D eigenvalue weighted by atomic mass is 32.1. The van der Waals surface area contributed by atoms with Crippen LogP contribution < -0.4 is 0 Å². The lowest BCUT2D eigenvalue weighted by molar-refractivity contribution is 0.187. The summed E-state index contributed by atoms with van der Waals surface area (Å²) in [6.45, 7) is 6.05. The summed E-state index contributed by atoms with van der Waals surface area (Å²) in [5.41, 5.74) is 1.95. The second-order valence-corrected chi connectivity index (χ2v) is 7.70. The molecule has 0 bridgehead atoms. The minimum Gasteiger partial charge on any atom is -0.296 e. The van der Waals surface area contributed by atoms with Crippen molar-refractivity contribution in [3.8, 4) is 11.4 Å². The Bertz CT molecular complexity index is 1040. The number of nitrogens with zero attached hydrogens (tertiary/aromatic N) is 5. The summed E-state index contributed by atoms with van der Waals surface area (Å²) < 4.78 is 18.1. The molecule has 0 N–H and O–H groups in total. The minimum absolute atomic E-state index is 0.182. The van der Waals surface area contributed by atoms with Crippen molar-refractivity contribution < 1.29 is 4.39 Å². The minimum atomic E-state index is -0.182. The third kappa shape index (κ3) is 4.36. The number of pyridine rings is 1. The van der Waals surface area contributed by atoms with Gasteiger partial charge in [-0.3, -0.25) is 14.5 Å². The molecule has 1 saturated heterocycles. The van der Waals surface area contributed by atoms with Crippen LogP contribution in [0.2, 0.25) is 0 Å². The number of allylic oxidation sites excluding steroid dienone is 1. The summed E-state index contributed by atoms with van der Waals surface area (Å²) in [4.78, 5) is 6.59. The molecule has 0 radical (unpaired) electrons. The van der Waals surface area contributed by atoms with Gasteiger partial charge in [0.25, 0.3) is 0 Å². The third-order valence-electron chi connectivity index (χ3n) is 5.33. The van der Waals surface area contributed by atoms with E-state index in [9.17, 15) is 4.39 Å². The maximum absolute atomic E-state index is 13.6. The number of halogens is 1. The number of hydrogen-bond donors (Lipinski definition) is 0. The highest BCUT2D eigenvalue weighted by molar-refractivity contribution is 7.71. The predicted octanol–water partition coefficient (Wildman–Crippen LogP) is 4.47. The summed E-state index contributed by atoms with van der Waals surface area (Å²) in [6.07, 6.45) is 8.40. The van der Waals surface area contributed by atoms with Crippen LogP contribution in [0.1, 0.15) is 18.4 Å².